The summed E-state index contributed by atoms with van der Waals surface area (Å²) in [5.74, 6) is -1.30. The minimum absolute atomic E-state index is 0.207. The summed E-state index contributed by atoms with van der Waals surface area (Å²) in [7, 11) is 2.74. The van der Waals surface area contributed by atoms with Crippen LogP contribution in [-0.2, 0) is 9.47 Å². The molecule has 1 N–H and O–H groups in total. The molecule has 30 heavy (non-hydrogen) atoms. The third kappa shape index (κ3) is 3.78. The summed E-state index contributed by atoms with van der Waals surface area (Å²) in [6.07, 6.45) is -1.07. The fourth-order valence-electron chi connectivity index (χ4n) is 3.43. The van der Waals surface area contributed by atoms with Crippen LogP contribution in [0.3, 0.4) is 0 Å². The Balaban J connectivity index is 1.87. The Hall–Kier alpha value is -3.61. The number of Topliss-reactive ketones (excluding diaryl/α,β-unsaturated/α-hetero) is 1. The highest BCUT2D eigenvalue weighted by Crippen LogP contribution is 2.27. The molecule has 0 spiro atoms. The second kappa shape index (κ2) is 8.41. The zero-order valence-corrected chi connectivity index (χ0v) is 17.5. The monoisotopic (exact) mass is 409 g/mol. The van der Waals surface area contributed by atoms with Crippen molar-refractivity contribution in [3.05, 3.63) is 64.5 Å². The van der Waals surface area contributed by atoms with Crippen molar-refractivity contribution < 1.29 is 28.6 Å². The Bertz CT molecular complexity index is 1140. The van der Waals surface area contributed by atoms with Crippen LogP contribution in [0, 0.1) is 13.8 Å². The summed E-state index contributed by atoms with van der Waals surface area (Å²) in [5.41, 5.74) is 1.70. The number of aromatic amines is 1. The number of benzene rings is 2. The van der Waals surface area contributed by atoms with E-state index in [1.807, 2.05) is 24.3 Å². The molecule has 0 bridgehead atoms. The molecule has 3 aromatic rings. The molecular weight excluding hydrogens is 386 g/mol. The van der Waals surface area contributed by atoms with Crippen molar-refractivity contribution in [2.24, 2.45) is 0 Å². The van der Waals surface area contributed by atoms with Crippen LogP contribution in [0.25, 0.3) is 10.8 Å². The van der Waals surface area contributed by atoms with Crippen molar-refractivity contribution in [1.29, 1.82) is 0 Å². The molecule has 0 fully saturated rings. The maximum absolute atomic E-state index is 12.9. The number of methoxy groups -OCH3 is 2. The fourth-order valence-corrected chi connectivity index (χ4v) is 3.43. The minimum Gasteiger partial charge on any atom is -0.496 e. The van der Waals surface area contributed by atoms with Gasteiger partial charge in [-0.3, -0.25) is 4.79 Å². The highest BCUT2D eigenvalue weighted by atomic mass is 16.5. The third-order valence-electron chi connectivity index (χ3n) is 5.01. The highest BCUT2D eigenvalue weighted by molar-refractivity contribution is 6.05. The van der Waals surface area contributed by atoms with Gasteiger partial charge in [0.15, 0.2) is 6.10 Å². The van der Waals surface area contributed by atoms with Gasteiger partial charge in [0, 0.05) is 5.69 Å². The first-order valence-corrected chi connectivity index (χ1v) is 9.38. The standard InChI is InChI=1S/C23H23NO6/c1-12-19(23(27)29-5)13(2)24-20(12)21(25)14(3)30-22(26)17-10-15-8-6-7-9-16(15)11-18(17)28-4/h6-11,14,24H,1-5H3/t14-/m0/s1. The number of carbonyl (C=O) groups excluding carboxylic acids is 3. The number of aryl methyl sites for hydroxylation is 1. The van der Waals surface area contributed by atoms with E-state index in [0.29, 0.717) is 22.6 Å². The average Bonchev–Trinajstić information content (AvgIpc) is 3.05. The summed E-state index contributed by atoms with van der Waals surface area (Å²) in [6, 6.07) is 11.0. The van der Waals surface area contributed by atoms with Crippen molar-refractivity contribution in [3.8, 4) is 5.75 Å². The maximum atomic E-state index is 12.9. The smallest absolute Gasteiger partial charge is 0.342 e. The Morgan fingerprint density at radius 3 is 2.20 bits per heavy atom. The molecule has 0 aliphatic carbocycles. The first kappa shape index (κ1) is 21.1. The van der Waals surface area contributed by atoms with Crippen LogP contribution in [0.4, 0.5) is 0 Å². The van der Waals surface area contributed by atoms with Gasteiger partial charge in [-0.15, -0.1) is 0 Å². The zero-order valence-electron chi connectivity index (χ0n) is 17.5. The van der Waals surface area contributed by atoms with Crippen LogP contribution in [-0.4, -0.2) is 43.0 Å². The van der Waals surface area contributed by atoms with E-state index in [1.165, 1.54) is 21.1 Å². The molecule has 1 atom stereocenters. The number of esters is 2. The van der Waals surface area contributed by atoms with E-state index in [1.54, 1.807) is 26.0 Å². The van der Waals surface area contributed by atoms with Gasteiger partial charge < -0.3 is 19.2 Å². The molecule has 1 heterocycles. The summed E-state index contributed by atoms with van der Waals surface area (Å²) < 4.78 is 15.5. The number of hydrogen-bond donors (Lipinski definition) is 1. The molecule has 7 heteroatoms. The fraction of sp³-hybridized carbons (Fsp3) is 0.261. The lowest BCUT2D eigenvalue weighted by Crippen LogP contribution is -2.25. The molecule has 0 unspecified atom stereocenters. The Labute approximate surface area is 173 Å². The van der Waals surface area contributed by atoms with Crippen LogP contribution >= 0.6 is 0 Å². The first-order chi connectivity index (χ1) is 14.3. The number of ether oxygens (including phenoxy) is 3. The van der Waals surface area contributed by atoms with E-state index in [9.17, 15) is 14.4 Å². The lowest BCUT2D eigenvalue weighted by atomic mass is 10.0. The van der Waals surface area contributed by atoms with Gasteiger partial charge in [-0.1, -0.05) is 24.3 Å². The topological polar surface area (TPSA) is 94.7 Å². The Kier molecular flexibility index (Phi) is 5.91. The molecule has 156 valence electrons. The highest BCUT2D eigenvalue weighted by Gasteiger charge is 2.28. The molecule has 0 amide bonds. The van der Waals surface area contributed by atoms with E-state index in [4.69, 9.17) is 14.2 Å². The molecule has 1 aromatic heterocycles. The van der Waals surface area contributed by atoms with E-state index >= 15 is 0 Å². The average molecular weight is 409 g/mol. The molecule has 0 saturated heterocycles. The molecule has 3 rings (SSSR count). The van der Waals surface area contributed by atoms with Crippen molar-refractivity contribution in [3.63, 3.8) is 0 Å². The number of hydrogen-bond acceptors (Lipinski definition) is 6. The summed E-state index contributed by atoms with van der Waals surface area (Å²) in [4.78, 5) is 40.5. The largest absolute Gasteiger partial charge is 0.496 e. The number of aromatic nitrogens is 1. The van der Waals surface area contributed by atoms with Crippen molar-refractivity contribution >= 4 is 28.5 Å². The number of rotatable bonds is 6. The number of fused-ring (bicyclic) bond motifs is 1. The lowest BCUT2D eigenvalue weighted by Gasteiger charge is -2.14. The lowest BCUT2D eigenvalue weighted by molar-refractivity contribution is 0.0314. The van der Waals surface area contributed by atoms with E-state index < -0.39 is 23.8 Å². The van der Waals surface area contributed by atoms with Gasteiger partial charge in [-0.05, 0) is 49.2 Å². The van der Waals surface area contributed by atoms with Gasteiger partial charge in [0.25, 0.3) is 0 Å². The van der Waals surface area contributed by atoms with Crippen LogP contribution in [0.2, 0.25) is 0 Å². The summed E-state index contributed by atoms with van der Waals surface area (Å²) in [6.45, 7) is 4.80. The van der Waals surface area contributed by atoms with Crippen LogP contribution in [0.5, 0.6) is 5.75 Å². The zero-order chi connectivity index (χ0) is 22.0. The number of nitrogens with one attached hydrogen (secondary N) is 1. The SMILES string of the molecule is COC(=O)c1c(C)[nH]c(C(=O)[C@H](C)OC(=O)c2cc3ccccc3cc2OC)c1C. The predicted molar refractivity (Wildman–Crippen MR) is 111 cm³/mol. The van der Waals surface area contributed by atoms with Crippen LogP contribution < -0.4 is 4.74 Å². The number of ketones is 1. The van der Waals surface area contributed by atoms with E-state index in [-0.39, 0.29) is 11.3 Å². The summed E-state index contributed by atoms with van der Waals surface area (Å²) >= 11 is 0. The molecular formula is C23H23NO6. The quantitative estimate of drug-likeness (QED) is 0.488. The van der Waals surface area contributed by atoms with Gasteiger partial charge >= 0.3 is 11.9 Å². The Morgan fingerprint density at radius 1 is 0.967 bits per heavy atom. The molecule has 0 aliphatic heterocycles. The van der Waals surface area contributed by atoms with Gasteiger partial charge in [0.05, 0.1) is 25.5 Å². The van der Waals surface area contributed by atoms with Crippen molar-refractivity contribution in [2.75, 3.05) is 14.2 Å². The third-order valence-corrected chi connectivity index (χ3v) is 5.01. The van der Waals surface area contributed by atoms with Gasteiger partial charge in [0.1, 0.15) is 11.3 Å². The number of H-pyrrole nitrogens is 1. The molecule has 2 aromatic carbocycles. The predicted octanol–water partition coefficient (Wildman–Crippen LogP) is 4.01. The first-order valence-electron chi connectivity index (χ1n) is 9.38. The molecule has 0 saturated carbocycles. The van der Waals surface area contributed by atoms with Gasteiger partial charge in [-0.2, -0.15) is 0 Å². The van der Waals surface area contributed by atoms with Crippen molar-refractivity contribution in [1.82, 2.24) is 4.98 Å². The van der Waals surface area contributed by atoms with E-state index in [0.717, 1.165) is 10.8 Å². The molecule has 0 radical (unpaired) electrons. The normalized spacial score (nSPS) is 11.8. The second-order valence-electron chi connectivity index (χ2n) is 6.93. The second-order valence-corrected chi connectivity index (χ2v) is 6.93. The van der Waals surface area contributed by atoms with Gasteiger partial charge in [0.2, 0.25) is 5.78 Å². The minimum atomic E-state index is -1.07. The van der Waals surface area contributed by atoms with Crippen LogP contribution in [0.1, 0.15) is 49.4 Å². The maximum Gasteiger partial charge on any atom is 0.342 e. The van der Waals surface area contributed by atoms with Gasteiger partial charge in [-0.25, -0.2) is 9.59 Å². The summed E-state index contributed by atoms with van der Waals surface area (Å²) in [5, 5.41) is 1.77. The van der Waals surface area contributed by atoms with E-state index in [2.05, 4.69) is 4.98 Å². The van der Waals surface area contributed by atoms with Crippen LogP contribution in [0.15, 0.2) is 36.4 Å². The van der Waals surface area contributed by atoms with Crippen molar-refractivity contribution in [2.45, 2.75) is 26.9 Å². The Morgan fingerprint density at radius 2 is 1.60 bits per heavy atom. The molecule has 0 aliphatic rings. The molecule has 7 nitrogen and oxygen atoms in total. The number of carbonyl (C=O) groups is 3.